The highest BCUT2D eigenvalue weighted by atomic mass is 79.9. The number of nitro groups is 2. The van der Waals surface area contributed by atoms with Crippen LogP contribution in [0.1, 0.15) is 6.92 Å². The van der Waals surface area contributed by atoms with Crippen LogP contribution in [0.15, 0.2) is 51.1 Å². The molecule has 0 atom stereocenters. The van der Waals surface area contributed by atoms with E-state index in [2.05, 4.69) is 26.2 Å². The van der Waals surface area contributed by atoms with Crippen molar-refractivity contribution in [2.45, 2.75) is 13.5 Å². The highest BCUT2D eigenvalue weighted by Crippen LogP contribution is 2.41. The Hall–Kier alpha value is -3.34. The van der Waals surface area contributed by atoms with Gasteiger partial charge >= 0.3 is 5.69 Å². The minimum atomic E-state index is -0.771. The molecular weight excluding hydrogens is 422 g/mol. The fourth-order valence-corrected chi connectivity index (χ4v) is 3.04. The van der Waals surface area contributed by atoms with Crippen molar-refractivity contribution in [3.8, 4) is 5.88 Å². The number of aromatic hydroxyl groups is 1. The number of aryl methyl sites for hydroxylation is 1. The fraction of sp³-hybridized carbons (Fsp3) is 0.125. The molecule has 10 nitrogen and oxygen atoms in total. The van der Waals surface area contributed by atoms with Crippen LogP contribution in [0.5, 0.6) is 5.88 Å². The first-order chi connectivity index (χ1) is 12.8. The van der Waals surface area contributed by atoms with Crippen molar-refractivity contribution in [2.24, 2.45) is 10.2 Å². The summed E-state index contributed by atoms with van der Waals surface area (Å²) in [6, 6.07) is 8.44. The molecule has 0 bridgehead atoms. The molecule has 3 rings (SSSR count). The lowest BCUT2D eigenvalue weighted by atomic mass is 10.2. The Labute approximate surface area is 160 Å². The van der Waals surface area contributed by atoms with Crippen LogP contribution in [0.3, 0.4) is 0 Å². The number of aromatic nitrogens is 1. The highest BCUT2D eigenvalue weighted by molar-refractivity contribution is 9.10. The van der Waals surface area contributed by atoms with Crippen molar-refractivity contribution in [2.75, 3.05) is 0 Å². The zero-order valence-electron chi connectivity index (χ0n) is 13.9. The molecule has 0 aliphatic heterocycles. The molecule has 0 fully saturated rings. The zero-order valence-corrected chi connectivity index (χ0v) is 15.5. The molecule has 3 aromatic rings. The van der Waals surface area contributed by atoms with Gasteiger partial charge in [-0.25, -0.2) is 0 Å². The smallest absolute Gasteiger partial charge is 0.303 e. The van der Waals surface area contributed by atoms with E-state index in [4.69, 9.17) is 0 Å². The van der Waals surface area contributed by atoms with Gasteiger partial charge in [0.2, 0.25) is 5.88 Å². The average molecular weight is 434 g/mol. The summed E-state index contributed by atoms with van der Waals surface area (Å²) in [4.78, 5) is 20.5. The van der Waals surface area contributed by atoms with Crippen molar-refractivity contribution >= 4 is 49.6 Å². The Bertz CT molecular complexity index is 1110. The van der Waals surface area contributed by atoms with Gasteiger partial charge in [-0.1, -0.05) is 15.9 Å². The van der Waals surface area contributed by atoms with Crippen LogP contribution in [0.4, 0.5) is 22.7 Å². The molecule has 1 N–H and O–H groups in total. The van der Waals surface area contributed by atoms with Crippen molar-refractivity contribution in [1.82, 2.24) is 4.57 Å². The number of hydrogen-bond acceptors (Lipinski definition) is 7. The molecule has 0 radical (unpaired) electrons. The van der Waals surface area contributed by atoms with Gasteiger partial charge in [-0.15, -0.1) is 10.2 Å². The topological polar surface area (TPSA) is 136 Å². The summed E-state index contributed by atoms with van der Waals surface area (Å²) >= 11 is 3.35. The number of nitro benzene ring substituents is 2. The maximum atomic E-state index is 11.2. The summed E-state index contributed by atoms with van der Waals surface area (Å²) in [5.74, 6) is -0.126. The molecule has 0 saturated carbocycles. The Morgan fingerprint density at radius 1 is 1.11 bits per heavy atom. The van der Waals surface area contributed by atoms with E-state index >= 15 is 0 Å². The minimum absolute atomic E-state index is 0.126. The van der Waals surface area contributed by atoms with Gasteiger partial charge in [-0.05, 0) is 31.2 Å². The zero-order chi connectivity index (χ0) is 19.7. The first kappa shape index (κ1) is 18.5. The van der Waals surface area contributed by atoms with Gasteiger partial charge in [0.15, 0.2) is 11.4 Å². The average Bonchev–Trinajstić information content (AvgIpc) is 2.89. The van der Waals surface area contributed by atoms with E-state index in [-0.39, 0.29) is 17.3 Å². The Kier molecular flexibility index (Phi) is 4.86. The van der Waals surface area contributed by atoms with Crippen LogP contribution < -0.4 is 0 Å². The summed E-state index contributed by atoms with van der Waals surface area (Å²) in [5.41, 5.74) is -0.244. The Balaban J connectivity index is 2.14. The molecule has 0 unspecified atom stereocenters. The summed E-state index contributed by atoms with van der Waals surface area (Å²) in [7, 11) is 0. The molecular formula is C16H12BrN5O5. The second kappa shape index (κ2) is 7.11. The number of fused-ring (bicyclic) bond motifs is 1. The number of azo groups is 1. The van der Waals surface area contributed by atoms with Crippen LogP contribution in [-0.4, -0.2) is 19.5 Å². The van der Waals surface area contributed by atoms with Crippen LogP contribution in [0, 0.1) is 20.2 Å². The molecule has 1 aromatic heterocycles. The van der Waals surface area contributed by atoms with Crippen LogP contribution in [0.25, 0.3) is 10.9 Å². The summed E-state index contributed by atoms with van der Waals surface area (Å²) in [5, 5.41) is 40.9. The van der Waals surface area contributed by atoms with Gasteiger partial charge in [-0.3, -0.25) is 20.2 Å². The number of rotatable bonds is 5. The first-order valence-corrected chi connectivity index (χ1v) is 8.48. The van der Waals surface area contributed by atoms with Crippen LogP contribution >= 0.6 is 15.9 Å². The Morgan fingerprint density at radius 2 is 1.85 bits per heavy atom. The normalized spacial score (nSPS) is 11.3. The van der Waals surface area contributed by atoms with Gasteiger partial charge in [-0.2, -0.15) is 0 Å². The molecule has 11 heteroatoms. The van der Waals surface area contributed by atoms with Crippen LogP contribution in [0.2, 0.25) is 0 Å². The third-order valence-corrected chi connectivity index (χ3v) is 4.41. The maximum Gasteiger partial charge on any atom is 0.303 e. The molecule has 0 spiro atoms. The van der Waals surface area contributed by atoms with Crippen molar-refractivity contribution < 1.29 is 15.0 Å². The third kappa shape index (κ3) is 3.36. The fourth-order valence-electron chi connectivity index (χ4n) is 2.67. The van der Waals surface area contributed by atoms with Gasteiger partial charge in [0.05, 0.1) is 21.4 Å². The summed E-state index contributed by atoms with van der Waals surface area (Å²) in [6.45, 7) is 2.33. The van der Waals surface area contributed by atoms with E-state index < -0.39 is 21.2 Å². The quantitative estimate of drug-likeness (QED) is 0.327. The lowest BCUT2D eigenvalue weighted by Gasteiger charge is -2.01. The second-order valence-electron chi connectivity index (χ2n) is 5.47. The molecule has 0 saturated heterocycles. The van der Waals surface area contributed by atoms with Crippen molar-refractivity contribution in [1.29, 1.82) is 0 Å². The summed E-state index contributed by atoms with van der Waals surface area (Å²) < 4.78 is 2.39. The van der Waals surface area contributed by atoms with Gasteiger partial charge in [0.1, 0.15) is 0 Å². The van der Waals surface area contributed by atoms with Crippen molar-refractivity contribution in [3.63, 3.8) is 0 Å². The number of non-ortho nitro benzene ring substituents is 1. The minimum Gasteiger partial charge on any atom is -0.493 e. The molecule has 138 valence electrons. The second-order valence-corrected chi connectivity index (χ2v) is 6.38. The van der Waals surface area contributed by atoms with E-state index in [1.165, 1.54) is 0 Å². The molecule has 0 amide bonds. The monoisotopic (exact) mass is 433 g/mol. The molecule has 1 heterocycles. The van der Waals surface area contributed by atoms with Gasteiger partial charge in [0, 0.05) is 22.5 Å². The molecule has 0 aliphatic rings. The van der Waals surface area contributed by atoms with E-state index in [0.717, 1.165) is 28.2 Å². The molecule has 2 aromatic carbocycles. The lowest BCUT2D eigenvalue weighted by molar-refractivity contribution is -0.393. The molecule has 27 heavy (non-hydrogen) atoms. The van der Waals surface area contributed by atoms with Gasteiger partial charge in [0.25, 0.3) is 5.69 Å². The van der Waals surface area contributed by atoms with E-state index in [0.29, 0.717) is 11.9 Å². The number of halogens is 1. The number of benzene rings is 2. The van der Waals surface area contributed by atoms with E-state index in [1.807, 2.05) is 13.0 Å². The standard InChI is InChI=1S/C16H12BrN5O5/c1-2-20-13-6-3-9(17)7-11(13)15(16(20)23)19-18-12-5-4-10(21(24)25)8-14(12)22(26)27/h3-8,23H,2H2,1H3. The van der Waals surface area contributed by atoms with Crippen molar-refractivity contribution in [3.05, 3.63) is 61.1 Å². The largest absolute Gasteiger partial charge is 0.493 e. The maximum absolute atomic E-state index is 11.2. The van der Waals surface area contributed by atoms with E-state index in [9.17, 15) is 25.3 Å². The number of hydrogen-bond donors (Lipinski definition) is 1. The molecule has 0 aliphatic carbocycles. The first-order valence-electron chi connectivity index (χ1n) is 7.68. The van der Waals surface area contributed by atoms with E-state index in [1.54, 1.807) is 16.7 Å². The number of nitrogens with zero attached hydrogens (tertiary/aromatic N) is 5. The third-order valence-electron chi connectivity index (χ3n) is 3.91. The predicted octanol–water partition coefficient (Wildman–Crippen LogP) is 5.36. The summed E-state index contributed by atoms with van der Waals surface area (Å²) in [6.07, 6.45) is 0. The van der Waals surface area contributed by atoms with Crippen LogP contribution in [-0.2, 0) is 6.54 Å². The Morgan fingerprint density at radius 3 is 2.48 bits per heavy atom. The SMILES string of the molecule is CCn1c(O)c(N=Nc2ccc([N+](=O)[O-])cc2[N+](=O)[O-])c2cc(Br)ccc21. The predicted molar refractivity (Wildman–Crippen MR) is 101 cm³/mol. The lowest BCUT2D eigenvalue weighted by Crippen LogP contribution is -1.92. The highest BCUT2D eigenvalue weighted by Gasteiger charge is 2.21. The van der Waals surface area contributed by atoms with Gasteiger partial charge < -0.3 is 9.67 Å².